The zero-order valence-electron chi connectivity index (χ0n) is 11.1. The van der Waals surface area contributed by atoms with Gasteiger partial charge in [-0.3, -0.25) is 4.90 Å². The Kier molecular flexibility index (Phi) is 4.95. The van der Waals surface area contributed by atoms with Crippen LogP contribution >= 0.6 is 0 Å². The summed E-state index contributed by atoms with van der Waals surface area (Å²) in [7, 11) is 0. The Morgan fingerprint density at radius 3 is 3.11 bits per heavy atom. The summed E-state index contributed by atoms with van der Waals surface area (Å²) in [6, 6.07) is 3.14. The second kappa shape index (κ2) is 6.70. The minimum absolute atomic E-state index is 0.0251. The number of aromatic carboxylic acids is 1. The molecule has 1 unspecified atom stereocenters. The van der Waals surface area contributed by atoms with E-state index in [2.05, 4.69) is 17.1 Å². The lowest BCUT2D eigenvalue weighted by Crippen LogP contribution is -2.46. The highest BCUT2D eigenvalue weighted by Gasteiger charge is 2.18. The van der Waals surface area contributed by atoms with Crippen LogP contribution in [0, 0.1) is 0 Å². The normalized spacial score (nSPS) is 20.6. The minimum Gasteiger partial charge on any atom is -0.475 e. The largest absolute Gasteiger partial charge is 0.475 e. The lowest BCUT2D eigenvalue weighted by molar-refractivity contribution is -0.0255. The fraction of sp³-hybridized carbons (Fsp3) is 0.615. The van der Waals surface area contributed by atoms with Gasteiger partial charge >= 0.3 is 5.97 Å². The second-order valence-electron chi connectivity index (χ2n) is 4.59. The third-order valence-corrected chi connectivity index (χ3v) is 3.21. The average Bonchev–Trinajstić information content (AvgIpc) is 2.88. The van der Waals surface area contributed by atoms with Crippen molar-refractivity contribution in [1.82, 2.24) is 10.2 Å². The Morgan fingerprint density at radius 2 is 2.42 bits per heavy atom. The molecule has 0 aromatic carbocycles. The van der Waals surface area contributed by atoms with Crippen LogP contribution in [-0.2, 0) is 11.3 Å². The first-order valence-corrected chi connectivity index (χ1v) is 6.55. The van der Waals surface area contributed by atoms with Crippen LogP contribution in [0.4, 0.5) is 0 Å². The van der Waals surface area contributed by atoms with E-state index >= 15 is 0 Å². The summed E-state index contributed by atoms with van der Waals surface area (Å²) in [4.78, 5) is 13.0. The maximum Gasteiger partial charge on any atom is 0.371 e. The third-order valence-electron chi connectivity index (χ3n) is 3.21. The predicted octanol–water partition coefficient (Wildman–Crippen LogP) is 0.788. The van der Waals surface area contributed by atoms with Crippen molar-refractivity contribution >= 4 is 5.97 Å². The van der Waals surface area contributed by atoms with Crippen molar-refractivity contribution in [3.8, 4) is 0 Å². The zero-order valence-corrected chi connectivity index (χ0v) is 11.1. The molecule has 1 aromatic heterocycles. The number of furan rings is 1. The highest BCUT2D eigenvalue weighted by molar-refractivity contribution is 5.84. The lowest BCUT2D eigenvalue weighted by Gasteiger charge is -2.32. The fourth-order valence-electron chi connectivity index (χ4n) is 2.14. The van der Waals surface area contributed by atoms with Crippen LogP contribution < -0.4 is 5.32 Å². The maximum atomic E-state index is 10.7. The van der Waals surface area contributed by atoms with Gasteiger partial charge in [-0.15, -0.1) is 0 Å². The molecule has 0 saturated carbocycles. The molecule has 0 aliphatic carbocycles. The molecule has 106 valence electrons. The zero-order chi connectivity index (χ0) is 13.7. The van der Waals surface area contributed by atoms with Crippen LogP contribution in [0.2, 0.25) is 0 Å². The molecule has 0 spiro atoms. The molecule has 0 amide bonds. The first-order chi connectivity index (χ1) is 9.19. The molecule has 2 rings (SSSR count). The summed E-state index contributed by atoms with van der Waals surface area (Å²) >= 11 is 0. The van der Waals surface area contributed by atoms with Gasteiger partial charge in [0.1, 0.15) is 5.76 Å². The van der Waals surface area contributed by atoms with Crippen LogP contribution in [-0.4, -0.2) is 54.9 Å². The Hall–Kier alpha value is -1.37. The molecule has 0 radical (unpaired) electrons. The van der Waals surface area contributed by atoms with Gasteiger partial charge in [-0.25, -0.2) is 4.79 Å². The summed E-state index contributed by atoms with van der Waals surface area (Å²) in [6.07, 6.45) is 0.183. The van der Waals surface area contributed by atoms with Gasteiger partial charge in [0.2, 0.25) is 5.76 Å². The summed E-state index contributed by atoms with van der Waals surface area (Å²) in [5.74, 6) is -0.441. The minimum atomic E-state index is -1.04. The molecule has 2 N–H and O–H groups in total. The average molecular weight is 268 g/mol. The van der Waals surface area contributed by atoms with Crippen molar-refractivity contribution in [2.75, 3.05) is 32.8 Å². The van der Waals surface area contributed by atoms with Crippen LogP contribution in [0.15, 0.2) is 16.5 Å². The number of carboxylic acid groups (broad SMARTS) is 1. The fourth-order valence-corrected chi connectivity index (χ4v) is 2.14. The van der Waals surface area contributed by atoms with Gasteiger partial charge in [-0.05, 0) is 18.7 Å². The van der Waals surface area contributed by atoms with E-state index in [4.69, 9.17) is 14.3 Å². The molecule has 6 heteroatoms. The standard InChI is InChI=1S/C13H20N2O4/c1-2-15-5-6-18-11(9-15)8-14-7-10-3-4-12(19-10)13(16)17/h3-4,11,14H,2,5-9H2,1H3,(H,16,17). The van der Waals surface area contributed by atoms with Gasteiger partial charge < -0.3 is 19.6 Å². The Balaban J connectivity index is 1.72. The van der Waals surface area contributed by atoms with Crippen molar-refractivity contribution in [3.63, 3.8) is 0 Å². The number of likely N-dealkylation sites (N-methyl/N-ethyl adjacent to an activating group) is 1. The SMILES string of the molecule is CCN1CCOC(CNCc2ccc(C(=O)O)o2)C1. The maximum absolute atomic E-state index is 10.7. The summed E-state index contributed by atoms with van der Waals surface area (Å²) in [5.41, 5.74) is 0. The lowest BCUT2D eigenvalue weighted by atomic mass is 10.2. The Labute approximate surface area is 112 Å². The number of rotatable bonds is 6. The molecule has 19 heavy (non-hydrogen) atoms. The van der Waals surface area contributed by atoms with E-state index in [1.807, 2.05) is 0 Å². The van der Waals surface area contributed by atoms with E-state index in [0.717, 1.165) is 32.8 Å². The molecule has 1 saturated heterocycles. The Morgan fingerprint density at radius 1 is 1.58 bits per heavy atom. The number of carboxylic acids is 1. The summed E-state index contributed by atoms with van der Waals surface area (Å²) in [6.45, 7) is 7.13. The first kappa shape index (κ1) is 14.0. The number of hydrogen-bond donors (Lipinski definition) is 2. The van der Waals surface area contributed by atoms with Crippen molar-refractivity contribution in [2.45, 2.75) is 19.6 Å². The monoisotopic (exact) mass is 268 g/mol. The van der Waals surface area contributed by atoms with Crippen molar-refractivity contribution in [2.24, 2.45) is 0 Å². The van der Waals surface area contributed by atoms with Gasteiger partial charge in [0, 0.05) is 19.6 Å². The number of nitrogens with one attached hydrogen (secondary N) is 1. The topological polar surface area (TPSA) is 74.9 Å². The summed E-state index contributed by atoms with van der Waals surface area (Å²) < 4.78 is 10.8. The Bertz CT molecular complexity index is 419. The van der Waals surface area contributed by atoms with Gasteiger partial charge in [0.25, 0.3) is 0 Å². The van der Waals surface area contributed by atoms with Crippen molar-refractivity contribution in [1.29, 1.82) is 0 Å². The van der Waals surface area contributed by atoms with E-state index in [-0.39, 0.29) is 11.9 Å². The van der Waals surface area contributed by atoms with Crippen LogP contribution in [0.1, 0.15) is 23.2 Å². The number of nitrogens with zero attached hydrogens (tertiary/aromatic N) is 1. The molecule has 1 fully saturated rings. The van der Waals surface area contributed by atoms with Crippen LogP contribution in [0.25, 0.3) is 0 Å². The summed E-state index contributed by atoms with van der Waals surface area (Å²) in [5, 5.41) is 12.0. The van der Waals surface area contributed by atoms with Crippen molar-refractivity contribution in [3.05, 3.63) is 23.7 Å². The number of hydrogen-bond acceptors (Lipinski definition) is 5. The van der Waals surface area contributed by atoms with E-state index in [0.29, 0.717) is 12.3 Å². The van der Waals surface area contributed by atoms with Crippen LogP contribution in [0.5, 0.6) is 0 Å². The smallest absolute Gasteiger partial charge is 0.371 e. The highest BCUT2D eigenvalue weighted by Crippen LogP contribution is 2.08. The van der Waals surface area contributed by atoms with E-state index in [1.54, 1.807) is 6.07 Å². The second-order valence-corrected chi connectivity index (χ2v) is 4.59. The number of morpholine rings is 1. The van der Waals surface area contributed by atoms with Crippen LogP contribution in [0.3, 0.4) is 0 Å². The molecule has 6 nitrogen and oxygen atoms in total. The first-order valence-electron chi connectivity index (χ1n) is 6.55. The van der Waals surface area contributed by atoms with E-state index in [9.17, 15) is 4.79 Å². The molecule has 1 aliphatic heterocycles. The third kappa shape index (κ3) is 4.05. The number of carbonyl (C=O) groups is 1. The molecule has 1 aliphatic rings. The molecular formula is C13H20N2O4. The molecule has 1 aromatic rings. The highest BCUT2D eigenvalue weighted by atomic mass is 16.5. The number of ether oxygens (including phenoxy) is 1. The molecular weight excluding hydrogens is 248 g/mol. The molecule has 2 heterocycles. The molecule has 0 bridgehead atoms. The van der Waals surface area contributed by atoms with Gasteiger partial charge in [-0.2, -0.15) is 0 Å². The van der Waals surface area contributed by atoms with Crippen molar-refractivity contribution < 1.29 is 19.1 Å². The van der Waals surface area contributed by atoms with Gasteiger partial charge in [0.15, 0.2) is 0 Å². The molecule has 1 atom stereocenters. The van der Waals surface area contributed by atoms with E-state index < -0.39 is 5.97 Å². The van der Waals surface area contributed by atoms with Gasteiger partial charge in [0.05, 0.1) is 19.3 Å². The van der Waals surface area contributed by atoms with Gasteiger partial charge in [-0.1, -0.05) is 6.92 Å². The predicted molar refractivity (Wildman–Crippen MR) is 69.2 cm³/mol. The van der Waals surface area contributed by atoms with E-state index in [1.165, 1.54) is 6.07 Å². The quantitative estimate of drug-likeness (QED) is 0.794.